The normalized spacial score (nSPS) is 10.6. The second-order valence-electron chi connectivity index (χ2n) is 6.65. The van der Waals surface area contributed by atoms with Crippen LogP contribution in [0.2, 0.25) is 0 Å². The first-order valence-corrected chi connectivity index (χ1v) is 10.6. The maximum atomic E-state index is 12.4. The monoisotopic (exact) mass is 494 g/mol. The number of nitrogens with zero attached hydrogens (tertiary/aromatic N) is 1. The third-order valence-corrected chi connectivity index (χ3v) is 4.87. The summed E-state index contributed by atoms with van der Waals surface area (Å²) in [5.74, 6) is 1.34. The predicted octanol–water partition coefficient (Wildman–Crippen LogP) is 5.37. The molecule has 3 aromatic carbocycles. The van der Waals surface area contributed by atoms with Gasteiger partial charge in [0.25, 0.3) is 5.91 Å². The lowest BCUT2D eigenvalue weighted by Gasteiger charge is -2.10. The molecular formula is C25H23BrN2O4. The quantitative estimate of drug-likeness (QED) is 0.234. The topological polar surface area (TPSA) is 69.2 Å². The number of amides is 1. The van der Waals surface area contributed by atoms with Gasteiger partial charge in [0.05, 0.1) is 13.3 Å². The summed E-state index contributed by atoms with van der Waals surface area (Å²) in [6.07, 6.45) is 3.19. The molecule has 0 spiro atoms. The van der Waals surface area contributed by atoms with Crippen LogP contribution in [0.1, 0.15) is 21.5 Å². The van der Waals surface area contributed by atoms with Gasteiger partial charge in [0.2, 0.25) is 0 Å². The Labute approximate surface area is 195 Å². The minimum absolute atomic E-state index is 0.345. The molecule has 0 unspecified atom stereocenters. The molecule has 0 aliphatic heterocycles. The Bertz CT molecular complexity index is 1100. The van der Waals surface area contributed by atoms with Crippen LogP contribution >= 0.6 is 15.9 Å². The van der Waals surface area contributed by atoms with Crippen LogP contribution in [-0.4, -0.2) is 25.8 Å². The first-order valence-electron chi connectivity index (χ1n) is 9.81. The molecule has 0 saturated carbocycles. The molecule has 1 N–H and O–H groups in total. The molecule has 0 saturated heterocycles. The number of hydrogen-bond donors (Lipinski definition) is 1. The predicted molar refractivity (Wildman–Crippen MR) is 129 cm³/mol. The van der Waals surface area contributed by atoms with Crippen molar-refractivity contribution in [1.82, 2.24) is 5.43 Å². The molecule has 0 heterocycles. The van der Waals surface area contributed by atoms with E-state index in [1.54, 1.807) is 30.5 Å². The van der Waals surface area contributed by atoms with Crippen molar-refractivity contribution in [2.24, 2.45) is 5.10 Å². The highest BCUT2D eigenvalue weighted by Gasteiger charge is 2.10. The Balaban J connectivity index is 1.58. The highest BCUT2D eigenvalue weighted by molar-refractivity contribution is 9.10. The summed E-state index contributed by atoms with van der Waals surface area (Å²) < 4.78 is 17.6. The number of ether oxygens (including phenoxy) is 3. The van der Waals surface area contributed by atoms with Crippen LogP contribution in [0, 0.1) is 0 Å². The summed E-state index contributed by atoms with van der Waals surface area (Å²) in [5, 5.41) is 4.04. The Morgan fingerprint density at radius 2 is 1.88 bits per heavy atom. The molecular weight excluding hydrogens is 472 g/mol. The molecule has 0 aliphatic carbocycles. The van der Waals surface area contributed by atoms with Gasteiger partial charge < -0.3 is 14.2 Å². The molecule has 0 radical (unpaired) electrons. The van der Waals surface area contributed by atoms with Gasteiger partial charge in [-0.1, -0.05) is 52.9 Å². The van der Waals surface area contributed by atoms with Crippen molar-refractivity contribution >= 4 is 28.1 Å². The van der Waals surface area contributed by atoms with Crippen LogP contribution in [0.3, 0.4) is 0 Å². The van der Waals surface area contributed by atoms with Crippen LogP contribution in [0.15, 0.2) is 89.0 Å². The van der Waals surface area contributed by atoms with Crippen molar-refractivity contribution in [2.45, 2.75) is 6.61 Å². The van der Waals surface area contributed by atoms with Crippen molar-refractivity contribution in [1.29, 1.82) is 0 Å². The van der Waals surface area contributed by atoms with E-state index < -0.39 is 0 Å². The van der Waals surface area contributed by atoms with E-state index in [9.17, 15) is 4.79 Å². The molecule has 0 fully saturated rings. The Kier molecular flexibility index (Phi) is 8.45. The Hall–Kier alpha value is -3.58. The van der Waals surface area contributed by atoms with Gasteiger partial charge in [-0.15, -0.1) is 0 Å². The van der Waals surface area contributed by atoms with Gasteiger partial charge in [-0.05, 0) is 53.6 Å². The highest BCUT2D eigenvalue weighted by Crippen LogP contribution is 2.28. The molecule has 0 aliphatic rings. The second-order valence-corrected chi connectivity index (χ2v) is 7.57. The van der Waals surface area contributed by atoms with Gasteiger partial charge in [0, 0.05) is 10.0 Å². The van der Waals surface area contributed by atoms with E-state index in [0.717, 1.165) is 15.6 Å². The number of hydrazone groups is 1. The van der Waals surface area contributed by atoms with Crippen molar-refractivity contribution < 1.29 is 19.0 Å². The molecule has 3 rings (SSSR count). The number of rotatable bonds is 10. The SMILES string of the molecule is C=CCOc1ccc(C(=O)N/N=C/c2cccc(OCc3ccc(Br)cc3)c2)cc1OC. The fourth-order valence-corrected chi connectivity index (χ4v) is 3.00. The summed E-state index contributed by atoms with van der Waals surface area (Å²) in [4.78, 5) is 12.4. The standard InChI is InChI=1S/C25H23BrN2O4/c1-3-13-31-23-12-9-20(15-24(23)30-2)25(29)28-27-16-19-5-4-6-22(14-19)32-17-18-7-10-21(26)11-8-18/h3-12,14-16H,1,13,17H2,2H3,(H,28,29)/b27-16+. The summed E-state index contributed by atoms with van der Waals surface area (Å²) in [6.45, 7) is 4.42. The molecule has 164 valence electrons. The lowest BCUT2D eigenvalue weighted by Crippen LogP contribution is -2.17. The summed E-state index contributed by atoms with van der Waals surface area (Å²) >= 11 is 3.42. The van der Waals surface area contributed by atoms with E-state index in [4.69, 9.17) is 14.2 Å². The Morgan fingerprint density at radius 1 is 1.06 bits per heavy atom. The summed E-state index contributed by atoms with van der Waals surface area (Å²) in [6, 6.07) is 20.3. The number of methoxy groups -OCH3 is 1. The van der Waals surface area contributed by atoms with Gasteiger partial charge >= 0.3 is 0 Å². The maximum absolute atomic E-state index is 12.4. The van der Waals surface area contributed by atoms with E-state index in [1.807, 2.05) is 48.5 Å². The first-order chi connectivity index (χ1) is 15.6. The van der Waals surface area contributed by atoms with Crippen LogP contribution < -0.4 is 19.6 Å². The average molecular weight is 495 g/mol. The van der Waals surface area contributed by atoms with E-state index in [-0.39, 0.29) is 5.91 Å². The van der Waals surface area contributed by atoms with Crippen LogP contribution in [0.5, 0.6) is 17.2 Å². The molecule has 6 nitrogen and oxygen atoms in total. The lowest BCUT2D eigenvalue weighted by atomic mass is 10.2. The van der Waals surface area contributed by atoms with E-state index in [1.165, 1.54) is 7.11 Å². The van der Waals surface area contributed by atoms with Crippen molar-refractivity contribution in [3.8, 4) is 17.2 Å². The zero-order chi connectivity index (χ0) is 22.8. The maximum Gasteiger partial charge on any atom is 0.271 e. The van der Waals surface area contributed by atoms with Crippen molar-refractivity contribution in [2.75, 3.05) is 13.7 Å². The number of hydrogen-bond acceptors (Lipinski definition) is 5. The molecule has 1 amide bonds. The van der Waals surface area contributed by atoms with Crippen molar-refractivity contribution in [3.63, 3.8) is 0 Å². The minimum Gasteiger partial charge on any atom is -0.493 e. The molecule has 32 heavy (non-hydrogen) atoms. The first kappa shape index (κ1) is 23.1. The molecule has 7 heteroatoms. The number of benzene rings is 3. The van der Waals surface area contributed by atoms with Crippen LogP contribution in [-0.2, 0) is 6.61 Å². The largest absolute Gasteiger partial charge is 0.493 e. The van der Waals surface area contributed by atoms with Gasteiger partial charge in [-0.3, -0.25) is 4.79 Å². The lowest BCUT2D eigenvalue weighted by molar-refractivity contribution is 0.0954. The third kappa shape index (κ3) is 6.72. The fourth-order valence-electron chi connectivity index (χ4n) is 2.74. The smallest absolute Gasteiger partial charge is 0.271 e. The van der Waals surface area contributed by atoms with Crippen molar-refractivity contribution in [3.05, 3.63) is 101 Å². The van der Waals surface area contributed by atoms with Crippen LogP contribution in [0.25, 0.3) is 0 Å². The van der Waals surface area contributed by atoms with Gasteiger partial charge in [-0.2, -0.15) is 5.10 Å². The van der Waals surface area contributed by atoms with Gasteiger partial charge in [0.1, 0.15) is 19.0 Å². The van der Waals surface area contributed by atoms with Gasteiger partial charge in [-0.25, -0.2) is 5.43 Å². The minimum atomic E-state index is -0.363. The second kappa shape index (κ2) is 11.7. The molecule has 0 aromatic heterocycles. The summed E-state index contributed by atoms with van der Waals surface area (Å²) in [7, 11) is 1.52. The van der Waals surface area contributed by atoms with E-state index in [2.05, 4.69) is 33.0 Å². The molecule has 0 bridgehead atoms. The number of nitrogens with one attached hydrogen (secondary N) is 1. The third-order valence-electron chi connectivity index (χ3n) is 4.34. The zero-order valence-electron chi connectivity index (χ0n) is 17.6. The Morgan fingerprint density at radius 3 is 2.62 bits per heavy atom. The number of carbonyl (C=O) groups excluding carboxylic acids is 1. The number of carbonyl (C=O) groups is 1. The average Bonchev–Trinajstić information content (AvgIpc) is 2.82. The highest BCUT2D eigenvalue weighted by atomic mass is 79.9. The van der Waals surface area contributed by atoms with E-state index >= 15 is 0 Å². The zero-order valence-corrected chi connectivity index (χ0v) is 19.2. The van der Waals surface area contributed by atoms with Gasteiger partial charge in [0.15, 0.2) is 11.5 Å². The summed E-state index contributed by atoms with van der Waals surface area (Å²) in [5.41, 5.74) is 4.78. The fraction of sp³-hybridized carbons (Fsp3) is 0.120. The molecule has 0 atom stereocenters. The number of halogens is 1. The van der Waals surface area contributed by atoms with E-state index in [0.29, 0.717) is 36.0 Å². The van der Waals surface area contributed by atoms with Crippen LogP contribution in [0.4, 0.5) is 0 Å². The molecule has 3 aromatic rings.